The Kier molecular flexibility index (Phi) is 47.2. The van der Waals surface area contributed by atoms with Crippen molar-refractivity contribution in [2.45, 2.75) is 107 Å². The molecule has 0 unspecified atom stereocenters. The molecule has 0 atom stereocenters. The third-order valence-corrected chi connectivity index (χ3v) is 11.7. The van der Waals surface area contributed by atoms with Crippen LogP contribution in [0.2, 0.25) is 0 Å². The van der Waals surface area contributed by atoms with Gasteiger partial charge in [-0.25, -0.2) is 0 Å². The minimum Gasteiger partial charge on any atom is -0.369 e. The number of hydrazone groups is 1. The average Bonchev–Trinajstić information content (AvgIpc) is 0.888. The Morgan fingerprint density at radius 1 is 0.274 bits per heavy atom. The van der Waals surface area contributed by atoms with Gasteiger partial charge in [0.15, 0.2) is 23.1 Å². The molecule has 0 saturated carbocycles. The minimum atomic E-state index is -0.295. The predicted molar refractivity (Wildman–Crippen MR) is 393 cm³/mol. The van der Waals surface area contributed by atoms with Crippen LogP contribution in [0.4, 0.5) is 22.7 Å². The first kappa shape index (κ1) is 93.7. The number of hydrogen-bond acceptors (Lipinski definition) is 18. The lowest BCUT2D eigenvalue weighted by atomic mass is 10.0. The molecule has 26 N–H and O–H groups in total. The van der Waals surface area contributed by atoms with Gasteiger partial charge in [-0.15, -0.1) is 99.9 Å². The van der Waals surface area contributed by atoms with E-state index in [1.165, 1.54) is 64.1 Å². The SMILES string of the molecule is C/C(=N\N=C(N)N)c1cc(NC(=O)CCCCC(=O)Nc2cc(/C(C)=N/N=C(N)N)cc(/C(C)=N/N=C(N)N)c2)cc(/C(C)=N/N=C(N)N)c1.CC(=O)c1cc(NC(=O)CCCCC(=O)Nc2cc(C(C)=O)cc(C(C)=O)c2)cc(C(C)=O)c1.Cl.Cl.Cl.Cl.Cl.Cl.NN=C(N)N. The topological polar surface area (TPSA) is 582 Å². The second-order valence-corrected chi connectivity index (χ2v) is 19.4. The molecule has 4 rings (SSSR count). The van der Waals surface area contributed by atoms with Crippen LogP contribution in [0.15, 0.2) is 119 Å². The molecule has 0 radical (unpaired) electrons. The van der Waals surface area contributed by atoms with E-state index in [9.17, 15) is 38.4 Å². The number of carbonyl (C=O) groups is 8. The van der Waals surface area contributed by atoms with E-state index in [2.05, 4.69) is 73.0 Å². The van der Waals surface area contributed by atoms with Crippen LogP contribution in [0.3, 0.4) is 0 Å². The maximum atomic E-state index is 12.9. The van der Waals surface area contributed by atoms with Crippen LogP contribution >= 0.6 is 74.4 Å². The Hall–Kier alpha value is -9.99. The number of anilines is 4. The first-order valence-electron chi connectivity index (χ1n) is 26.9. The second kappa shape index (κ2) is 47.8. The van der Waals surface area contributed by atoms with Gasteiger partial charge in [0.1, 0.15) is 0 Å². The van der Waals surface area contributed by atoms with Gasteiger partial charge in [-0.2, -0.15) is 20.4 Å². The normalized spacial score (nSPS) is 10.4. The van der Waals surface area contributed by atoms with Gasteiger partial charge < -0.3 is 84.4 Å². The van der Waals surface area contributed by atoms with Gasteiger partial charge in [-0.1, -0.05) is 0 Å². The quantitative estimate of drug-likeness (QED) is 0.00969. The Morgan fingerprint density at radius 3 is 0.579 bits per heavy atom. The maximum absolute atomic E-state index is 12.9. The van der Waals surface area contributed by atoms with Gasteiger partial charge in [0.2, 0.25) is 53.4 Å². The van der Waals surface area contributed by atoms with Crippen molar-refractivity contribution in [3.05, 3.63) is 117 Å². The Labute approximate surface area is 586 Å². The standard InChI is InChI=1S/C30H44N18O2.C26H28N2O6.CH6N4.6ClH/c1-15(41-45-27(31)32)19-9-20(16(2)42-46-28(33)34)12-23(11-19)39-25(49)7-5-6-8-26(50)40-24-13-21(17(3)43-47-29(35)36)10-22(14-24)18(4)44-48-30(37)38;1-15(29)19-9-20(16(2)30)12-23(11-19)27-25(33)7-5-6-8-26(34)28-24-13-21(17(3)31)10-22(14-24)18(4)32;2-1(3)5-4;;;;;;/h9-14H,5-8H2,1-4H3,(H,39,49)(H,40,50)(H4,31,32,45)(H4,33,34,46)(H4,35,36,47)(H4,37,38,48);9-14H,5-8H2,1-4H3,(H,27,33)(H,28,34);4H2,(H4,2,3,5);6*1H/b41-15+,42-16+,43-17+,44-18+;;;;;;;;. The van der Waals surface area contributed by atoms with Crippen LogP contribution in [0, 0.1) is 0 Å². The summed E-state index contributed by atoms with van der Waals surface area (Å²) in [5.41, 5.74) is 59.9. The van der Waals surface area contributed by atoms with E-state index < -0.39 is 0 Å². The number of halogens is 6. The lowest BCUT2D eigenvalue weighted by Crippen LogP contribution is -2.23. The van der Waals surface area contributed by atoms with E-state index in [4.69, 9.17) is 57.3 Å². The van der Waals surface area contributed by atoms with Crippen molar-refractivity contribution in [2.24, 2.45) is 109 Å². The van der Waals surface area contributed by atoms with Crippen LogP contribution in [0.5, 0.6) is 0 Å². The molecule has 95 heavy (non-hydrogen) atoms. The zero-order valence-electron chi connectivity index (χ0n) is 53.2. The minimum absolute atomic E-state index is 0. The van der Waals surface area contributed by atoms with Crippen LogP contribution < -0.4 is 84.4 Å². The number of nitrogens with two attached hydrogens (primary N) is 11. The summed E-state index contributed by atoms with van der Waals surface area (Å²) in [4.78, 5) is 97.0. The van der Waals surface area contributed by atoms with Crippen LogP contribution in [-0.2, 0) is 19.2 Å². The number of benzene rings is 4. The summed E-state index contributed by atoms with van der Waals surface area (Å²) in [5.74, 6) is 1.60. The van der Waals surface area contributed by atoms with Gasteiger partial charge in [0, 0.05) is 92.9 Å². The first-order valence-corrected chi connectivity index (χ1v) is 26.9. The number of Topliss-reactive ketones (excluding diaryl/α,β-unsaturated/α-hetero) is 4. The van der Waals surface area contributed by atoms with E-state index in [0.29, 0.717) is 116 Å². The molecule has 4 amide bonds. The molecule has 0 heterocycles. The van der Waals surface area contributed by atoms with Gasteiger partial charge in [0.25, 0.3) is 0 Å². The number of unbranched alkanes of at least 4 members (excludes halogenated alkanes) is 2. The van der Waals surface area contributed by atoms with E-state index in [0.717, 1.165) is 0 Å². The summed E-state index contributed by atoms with van der Waals surface area (Å²) in [6.07, 6.45) is 2.35. The molecule has 0 bridgehead atoms. The highest BCUT2D eigenvalue weighted by Crippen LogP contribution is 2.22. The fourth-order valence-electron chi connectivity index (χ4n) is 7.25. The number of nitrogens with zero attached hydrogens (tertiary/aromatic N) is 9. The zero-order valence-corrected chi connectivity index (χ0v) is 58.1. The third kappa shape index (κ3) is 38.0. The highest BCUT2D eigenvalue weighted by molar-refractivity contribution is 6.09. The van der Waals surface area contributed by atoms with Crippen molar-refractivity contribution in [3.63, 3.8) is 0 Å². The van der Waals surface area contributed by atoms with Crippen molar-refractivity contribution < 1.29 is 38.4 Å². The van der Waals surface area contributed by atoms with Crippen LogP contribution in [0.25, 0.3) is 0 Å². The number of nitrogens with one attached hydrogen (secondary N) is 4. The van der Waals surface area contributed by atoms with Gasteiger partial charge in [-0.05, 0) is 154 Å². The molecule has 0 aromatic heterocycles. The molecular formula is C57H84Cl6N24O8. The molecular weight excluding hydrogens is 1360 g/mol. The summed E-state index contributed by atoms with van der Waals surface area (Å²) < 4.78 is 0. The first-order chi connectivity index (χ1) is 41.8. The van der Waals surface area contributed by atoms with Crippen molar-refractivity contribution in [2.75, 3.05) is 21.3 Å². The van der Waals surface area contributed by atoms with Crippen molar-refractivity contribution in [3.8, 4) is 0 Å². The summed E-state index contributed by atoms with van der Waals surface area (Å²) in [6.45, 7) is 12.3. The Balaban J connectivity index is -0.000000525. The Bertz CT molecular complexity index is 3200. The smallest absolute Gasteiger partial charge is 0.224 e. The number of ketones is 4. The van der Waals surface area contributed by atoms with E-state index in [1.807, 2.05) is 0 Å². The monoisotopic (exact) mass is 1440 g/mol. The fraction of sp³-hybridized carbons (Fsp3) is 0.281. The lowest BCUT2D eigenvalue weighted by molar-refractivity contribution is -0.118. The van der Waals surface area contributed by atoms with E-state index in [-0.39, 0.29) is 177 Å². The Morgan fingerprint density at radius 2 is 0.432 bits per heavy atom. The molecule has 522 valence electrons. The molecule has 0 aliphatic rings. The highest BCUT2D eigenvalue weighted by Gasteiger charge is 2.15. The molecule has 4 aromatic carbocycles. The van der Waals surface area contributed by atoms with E-state index >= 15 is 0 Å². The van der Waals surface area contributed by atoms with Crippen molar-refractivity contribution >= 4 is 197 Å². The fourth-order valence-corrected chi connectivity index (χ4v) is 7.25. The molecule has 0 fully saturated rings. The van der Waals surface area contributed by atoms with Crippen LogP contribution in [0.1, 0.15) is 170 Å². The molecule has 38 heteroatoms. The number of hydrogen-bond donors (Lipinski definition) is 15. The molecule has 0 aliphatic carbocycles. The second-order valence-electron chi connectivity index (χ2n) is 19.4. The predicted octanol–water partition coefficient (Wildman–Crippen LogP) is 5.11. The van der Waals surface area contributed by atoms with E-state index in [1.54, 1.807) is 64.1 Å². The lowest BCUT2D eigenvalue weighted by Gasteiger charge is -2.12. The van der Waals surface area contributed by atoms with Crippen molar-refractivity contribution in [1.82, 2.24) is 0 Å². The van der Waals surface area contributed by atoms with Crippen LogP contribution in [-0.4, -0.2) is 99.4 Å². The van der Waals surface area contributed by atoms with Crippen molar-refractivity contribution in [1.29, 1.82) is 0 Å². The maximum Gasteiger partial charge on any atom is 0.224 e. The molecule has 4 aromatic rings. The molecule has 0 spiro atoms. The zero-order chi connectivity index (χ0) is 67.1. The summed E-state index contributed by atoms with van der Waals surface area (Å²) >= 11 is 0. The largest absolute Gasteiger partial charge is 0.369 e. The molecule has 0 saturated heterocycles. The number of carbonyl (C=O) groups excluding carboxylic acids is 8. The van der Waals surface area contributed by atoms with Gasteiger partial charge in [0.05, 0.1) is 22.8 Å². The molecule has 32 nitrogen and oxygen atoms in total. The number of guanidine groups is 5. The van der Waals surface area contributed by atoms with Gasteiger partial charge >= 0.3 is 0 Å². The summed E-state index contributed by atoms with van der Waals surface area (Å²) in [6, 6.07) is 19.4. The number of amides is 4. The third-order valence-electron chi connectivity index (χ3n) is 11.7. The average molecular weight is 1450 g/mol. The highest BCUT2D eigenvalue weighted by atomic mass is 35.5. The summed E-state index contributed by atoms with van der Waals surface area (Å²) in [7, 11) is 0. The van der Waals surface area contributed by atoms with Gasteiger partial charge in [-0.3, -0.25) is 38.4 Å². The number of rotatable bonds is 26. The molecule has 0 aliphatic heterocycles. The summed E-state index contributed by atoms with van der Waals surface area (Å²) in [5, 5.41) is 44.7.